The topological polar surface area (TPSA) is 47.4 Å². The van der Waals surface area contributed by atoms with Crippen LogP contribution in [0.15, 0.2) is 65.7 Å². The average Bonchev–Trinajstić information content (AvgIpc) is 3.31. The van der Waals surface area contributed by atoms with Gasteiger partial charge in [-0.15, -0.1) is 0 Å². The summed E-state index contributed by atoms with van der Waals surface area (Å²) in [6, 6.07) is 17.8. The minimum Gasteiger partial charge on any atom is -0.494 e. The van der Waals surface area contributed by atoms with Gasteiger partial charge in [0.25, 0.3) is 5.91 Å². The van der Waals surface area contributed by atoms with E-state index in [0.717, 1.165) is 28.3 Å². The molecule has 0 bridgehead atoms. The maximum atomic E-state index is 13.0. The zero-order valence-electron chi connectivity index (χ0n) is 18.3. The van der Waals surface area contributed by atoms with Crippen LogP contribution in [0, 0.1) is 5.92 Å². The van der Waals surface area contributed by atoms with Crippen LogP contribution < -0.4 is 4.74 Å². The summed E-state index contributed by atoms with van der Waals surface area (Å²) < 4.78 is 8.12. The Labute approximate surface area is 198 Å². The van der Waals surface area contributed by atoms with Crippen LogP contribution in [0.2, 0.25) is 0 Å². The number of amides is 1. The Bertz CT molecular complexity index is 1170. The van der Waals surface area contributed by atoms with Crippen molar-refractivity contribution >= 4 is 40.3 Å². The SMILES string of the molecule is CCOc1cccc(-c2nn(-c3ccccc3)cc2C=C2SC(=S)N(CC(C)C)C2=O)c1. The number of carbonyl (C=O) groups is 1. The molecule has 1 aromatic heterocycles. The normalized spacial score (nSPS) is 15.2. The molecule has 4 rings (SSSR count). The largest absolute Gasteiger partial charge is 0.494 e. The smallest absolute Gasteiger partial charge is 0.266 e. The van der Waals surface area contributed by atoms with Crippen LogP contribution in [0.3, 0.4) is 0 Å². The van der Waals surface area contributed by atoms with Crippen molar-refractivity contribution in [3.8, 4) is 22.7 Å². The van der Waals surface area contributed by atoms with E-state index in [2.05, 4.69) is 13.8 Å². The number of carbonyl (C=O) groups excluding carboxylic acids is 1. The van der Waals surface area contributed by atoms with Crippen molar-refractivity contribution in [3.05, 3.63) is 71.3 Å². The van der Waals surface area contributed by atoms with Crippen molar-refractivity contribution in [1.82, 2.24) is 14.7 Å². The van der Waals surface area contributed by atoms with Gasteiger partial charge in [0.1, 0.15) is 15.8 Å². The molecular formula is C25H25N3O2S2. The lowest BCUT2D eigenvalue weighted by Gasteiger charge is -2.16. The summed E-state index contributed by atoms with van der Waals surface area (Å²) in [7, 11) is 0. The van der Waals surface area contributed by atoms with Gasteiger partial charge in [-0.3, -0.25) is 9.69 Å². The Balaban J connectivity index is 1.78. The number of rotatable bonds is 7. The molecule has 0 saturated carbocycles. The molecule has 1 aliphatic rings. The highest BCUT2D eigenvalue weighted by Crippen LogP contribution is 2.35. The number of thioether (sulfide) groups is 1. The number of ether oxygens (including phenoxy) is 1. The van der Waals surface area contributed by atoms with Crippen LogP contribution in [-0.2, 0) is 4.79 Å². The molecule has 5 nitrogen and oxygen atoms in total. The van der Waals surface area contributed by atoms with Crippen LogP contribution in [-0.4, -0.2) is 38.1 Å². The second-order valence-electron chi connectivity index (χ2n) is 7.86. The number of hydrogen-bond acceptors (Lipinski definition) is 5. The highest BCUT2D eigenvalue weighted by Gasteiger charge is 2.32. The Kier molecular flexibility index (Phi) is 6.77. The third kappa shape index (κ3) is 4.79. The molecule has 0 spiro atoms. The summed E-state index contributed by atoms with van der Waals surface area (Å²) in [5, 5.41) is 4.85. The van der Waals surface area contributed by atoms with Gasteiger partial charge >= 0.3 is 0 Å². The van der Waals surface area contributed by atoms with Gasteiger partial charge < -0.3 is 4.74 Å². The summed E-state index contributed by atoms with van der Waals surface area (Å²) in [6.07, 6.45) is 3.85. The summed E-state index contributed by atoms with van der Waals surface area (Å²) >= 11 is 6.82. The van der Waals surface area contributed by atoms with Gasteiger partial charge in [0.2, 0.25) is 0 Å². The summed E-state index contributed by atoms with van der Waals surface area (Å²) in [5.41, 5.74) is 3.51. The van der Waals surface area contributed by atoms with Gasteiger partial charge in [0, 0.05) is 23.9 Å². The summed E-state index contributed by atoms with van der Waals surface area (Å²) in [5.74, 6) is 1.08. The number of benzene rings is 2. The van der Waals surface area contributed by atoms with Crippen LogP contribution >= 0.6 is 24.0 Å². The number of thiocarbonyl (C=S) groups is 1. The van der Waals surface area contributed by atoms with E-state index in [9.17, 15) is 4.79 Å². The maximum Gasteiger partial charge on any atom is 0.266 e. The van der Waals surface area contributed by atoms with Gasteiger partial charge in [0.05, 0.1) is 17.2 Å². The second-order valence-corrected chi connectivity index (χ2v) is 9.54. The predicted octanol–water partition coefficient (Wildman–Crippen LogP) is 5.80. The molecule has 1 saturated heterocycles. The molecule has 32 heavy (non-hydrogen) atoms. The van der Waals surface area contributed by atoms with E-state index in [1.165, 1.54) is 11.8 Å². The molecule has 0 N–H and O–H groups in total. The fourth-order valence-electron chi connectivity index (χ4n) is 3.49. The van der Waals surface area contributed by atoms with Crippen molar-refractivity contribution in [1.29, 1.82) is 0 Å². The molecule has 1 aliphatic heterocycles. The molecule has 0 aliphatic carbocycles. The highest BCUT2D eigenvalue weighted by atomic mass is 32.2. The van der Waals surface area contributed by atoms with E-state index >= 15 is 0 Å². The molecule has 1 fully saturated rings. The van der Waals surface area contributed by atoms with E-state index in [4.69, 9.17) is 22.1 Å². The molecule has 2 aromatic carbocycles. The van der Waals surface area contributed by atoms with Crippen LogP contribution in [0.5, 0.6) is 5.75 Å². The van der Waals surface area contributed by atoms with Crippen molar-refractivity contribution < 1.29 is 9.53 Å². The quantitative estimate of drug-likeness (QED) is 0.328. The minimum atomic E-state index is -0.0461. The van der Waals surface area contributed by atoms with Crippen molar-refractivity contribution in [2.75, 3.05) is 13.2 Å². The first-order valence-corrected chi connectivity index (χ1v) is 11.8. The van der Waals surface area contributed by atoms with Crippen LogP contribution in [0.25, 0.3) is 23.0 Å². The average molecular weight is 464 g/mol. The first kappa shape index (κ1) is 22.3. The van der Waals surface area contributed by atoms with Gasteiger partial charge in [-0.2, -0.15) is 5.10 Å². The second kappa shape index (κ2) is 9.71. The van der Waals surface area contributed by atoms with Gasteiger partial charge in [-0.25, -0.2) is 4.68 Å². The van der Waals surface area contributed by atoms with E-state index in [1.807, 2.05) is 78.5 Å². The van der Waals surface area contributed by atoms with Crippen molar-refractivity contribution in [2.45, 2.75) is 20.8 Å². The predicted molar refractivity (Wildman–Crippen MR) is 135 cm³/mol. The Morgan fingerprint density at radius 2 is 1.94 bits per heavy atom. The summed E-state index contributed by atoms with van der Waals surface area (Å²) in [4.78, 5) is 15.3. The summed E-state index contributed by atoms with van der Waals surface area (Å²) in [6.45, 7) is 7.33. The molecule has 164 valence electrons. The number of hydrogen-bond donors (Lipinski definition) is 0. The Hall–Kier alpha value is -2.90. The molecule has 1 amide bonds. The Morgan fingerprint density at radius 3 is 2.66 bits per heavy atom. The van der Waals surface area contributed by atoms with Crippen LogP contribution in [0.1, 0.15) is 26.3 Å². The number of aromatic nitrogens is 2. The lowest BCUT2D eigenvalue weighted by atomic mass is 10.1. The fourth-order valence-corrected chi connectivity index (χ4v) is 4.76. The molecule has 2 heterocycles. The highest BCUT2D eigenvalue weighted by molar-refractivity contribution is 8.26. The molecule has 0 radical (unpaired) electrons. The molecular weight excluding hydrogens is 438 g/mol. The number of para-hydroxylation sites is 1. The standard InChI is InChI=1S/C25H25N3O2S2/c1-4-30-21-12-8-9-18(13-21)23-19(16-28(26-23)20-10-6-5-7-11-20)14-22-24(29)27(15-17(2)3)25(31)32-22/h5-14,16-17H,4,15H2,1-3H3. The van der Waals surface area contributed by atoms with Gasteiger partial charge in [0.15, 0.2) is 0 Å². The van der Waals surface area contributed by atoms with Gasteiger partial charge in [-0.05, 0) is 43.2 Å². The van der Waals surface area contributed by atoms with Gasteiger partial charge in [-0.1, -0.05) is 68.2 Å². The van der Waals surface area contributed by atoms with Crippen molar-refractivity contribution in [3.63, 3.8) is 0 Å². The third-order valence-electron chi connectivity index (χ3n) is 4.89. The van der Waals surface area contributed by atoms with E-state index in [-0.39, 0.29) is 5.91 Å². The first-order valence-electron chi connectivity index (χ1n) is 10.6. The minimum absolute atomic E-state index is 0.0461. The fraction of sp³-hybridized carbons (Fsp3) is 0.240. The number of nitrogens with zero attached hydrogens (tertiary/aromatic N) is 3. The maximum absolute atomic E-state index is 13.0. The lowest BCUT2D eigenvalue weighted by Crippen LogP contribution is -2.31. The molecule has 3 aromatic rings. The Morgan fingerprint density at radius 1 is 1.16 bits per heavy atom. The van der Waals surface area contributed by atoms with E-state index in [1.54, 1.807) is 4.90 Å². The van der Waals surface area contributed by atoms with E-state index in [0.29, 0.717) is 28.3 Å². The molecule has 0 unspecified atom stereocenters. The third-order valence-corrected chi connectivity index (χ3v) is 6.27. The van der Waals surface area contributed by atoms with Crippen molar-refractivity contribution in [2.24, 2.45) is 5.92 Å². The molecule has 7 heteroatoms. The molecule has 0 atom stereocenters. The zero-order valence-corrected chi connectivity index (χ0v) is 20.0. The van der Waals surface area contributed by atoms with E-state index < -0.39 is 0 Å². The van der Waals surface area contributed by atoms with Crippen LogP contribution in [0.4, 0.5) is 0 Å². The monoisotopic (exact) mass is 463 g/mol. The zero-order chi connectivity index (χ0) is 22.7. The lowest BCUT2D eigenvalue weighted by molar-refractivity contribution is -0.122. The first-order chi connectivity index (χ1) is 15.5.